The maximum absolute atomic E-state index is 11.7. The van der Waals surface area contributed by atoms with Gasteiger partial charge in [-0.05, 0) is 18.6 Å². The average molecular weight is 306 g/mol. The van der Waals surface area contributed by atoms with E-state index in [1.807, 2.05) is 12.1 Å². The Morgan fingerprint density at radius 3 is 3.05 bits per heavy atom. The van der Waals surface area contributed by atoms with Crippen LogP contribution in [-0.2, 0) is 10.5 Å². The zero-order chi connectivity index (χ0) is 13.9. The fourth-order valence-electron chi connectivity index (χ4n) is 2.01. The summed E-state index contributed by atoms with van der Waals surface area (Å²) in [5, 5.41) is 3.97. The number of carbonyl (C=O) groups excluding carboxylic acids is 1. The summed E-state index contributed by atoms with van der Waals surface area (Å²) in [4.78, 5) is 17.2. The minimum absolute atomic E-state index is 0.191. The highest BCUT2D eigenvalue weighted by Gasteiger charge is 2.31. The maximum Gasteiger partial charge on any atom is 0.238 e. The van der Waals surface area contributed by atoms with Gasteiger partial charge in [-0.15, -0.1) is 11.8 Å². The number of hydrogen-bond acceptors (Lipinski definition) is 6. The summed E-state index contributed by atoms with van der Waals surface area (Å²) < 4.78 is 5.23. The number of hydrogen-bond donors (Lipinski definition) is 0. The van der Waals surface area contributed by atoms with Crippen LogP contribution in [0.1, 0.15) is 23.2 Å². The molecule has 1 fully saturated rings. The Kier molecular flexibility index (Phi) is 4.12. The second-order valence-electron chi connectivity index (χ2n) is 4.64. The highest BCUT2D eigenvalue weighted by molar-refractivity contribution is 8.00. The number of rotatable bonds is 4. The topological polar surface area (TPSA) is 56.0 Å². The van der Waals surface area contributed by atoms with Crippen LogP contribution in [-0.4, -0.2) is 27.4 Å². The van der Waals surface area contributed by atoms with Crippen LogP contribution >= 0.6 is 23.5 Å². The molecule has 0 aliphatic carbocycles. The monoisotopic (exact) mass is 306 g/mol. The van der Waals surface area contributed by atoms with Gasteiger partial charge in [-0.25, -0.2) is 0 Å². The Morgan fingerprint density at radius 1 is 1.45 bits per heavy atom. The van der Waals surface area contributed by atoms with E-state index in [2.05, 4.69) is 29.2 Å². The molecule has 0 saturated carbocycles. The smallest absolute Gasteiger partial charge is 0.238 e. The van der Waals surface area contributed by atoms with E-state index in [1.54, 1.807) is 23.5 Å². The van der Waals surface area contributed by atoms with Gasteiger partial charge in [0.05, 0.1) is 11.5 Å². The van der Waals surface area contributed by atoms with E-state index < -0.39 is 0 Å². The highest BCUT2D eigenvalue weighted by Crippen LogP contribution is 2.29. The molecular weight excluding hydrogens is 292 g/mol. The van der Waals surface area contributed by atoms with Crippen molar-refractivity contribution < 1.29 is 9.32 Å². The van der Waals surface area contributed by atoms with Crippen molar-refractivity contribution >= 4 is 29.3 Å². The van der Waals surface area contributed by atoms with Crippen LogP contribution in [0.5, 0.6) is 0 Å². The molecule has 104 valence electrons. The molecule has 1 aliphatic heterocycles. The van der Waals surface area contributed by atoms with Gasteiger partial charge in [-0.2, -0.15) is 16.7 Å². The van der Waals surface area contributed by atoms with E-state index in [-0.39, 0.29) is 11.7 Å². The van der Waals surface area contributed by atoms with E-state index in [4.69, 9.17) is 4.52 Å². The lowest BCUT2D eigenvalue weighted by atomic mass is 10.1. The number of ketones is 1. The van der Waals surface area contributed by atoms with E-state index in [0.29, 0.717) is 23.2 Å². The number of carbonyl (C=O) groups is 1. The van der Waals surface area contributed by atoms with Crippen LogP contribution in [0.25, 0.3) is 0 Å². The van der Waals surface area contributed by atoms with Gasteiger partial charge in [-0.1, -0.05) is 23.4 Å². The molecule has 3 rings (SSSR count). The molecule has 1 saturated heterocycles. The van der Waals surface area contributed by atoms with Gasteiger partial charge >= 0.3 is 0 Å². The zero-order valence-electron chi connectivity index (χ0n) is 11.0. The summed E-state index contributed by atoms with van der Waals surface area (Å²) >= 11 is 3.31. The van der Waals surface area contributed by atoms with Gasteiger partial charge in [0.1, 0.15) is 5.92 Å². The van der Waals surface area contributed by atoms with Gasteiger partial charge in [0.25, 0.3) is 0 Å². The van der Waals surface area contributed by atoms with E-state index >= 15 is 0 Å². The molecule has 0 N–H and O–H groups in total. The first kappa shape index (κ1) is 13.7. The normalized spacial score (nSPS) is 18.6. The van der Waals surface area contributed by atoms with Crippen molar-refractivity contribution in [1.29, 1.82) is 0 Å². The number of thioether (sulfide) groups is 2. The Hall–Kier alpha value is -1.27. The molecule has 1 aromatic heterocycles. The largest absolute Gasteiger partial charge is 0.338 e. The van der Waals surface area contributed by atoms with Crippen LogP contribution < -0.4 is 0 Å². The predicted octanol–water partition coefficient (Wildman–Crippen LogP) is 3.07. The van der Waals surface area contributed by atoms with Gasteiger partial charge in [0.2, 0.25) is 5.89 Å². The van der Waals surface area contributed by atoms with Crippen molar-refractivity contribution in [2.45, 2.75) is 23.5 Å². The molecule has 0 bridgehead atoms. The molecule has 1 atom stereocenters. The van der Waals surface area contributed by atoms with Gasteiger partial charge in [0, 0.05) is 10.6 Å². The lowest BCUT2D eigenvalue weighted by molar-refractivity contribution is -0.117. The lowest BCUT2D eigenvalue weighted by Crippen LogP contribution is -2.09. The molecule has 2 aromatic rings. The van der Waals surface area contributed by atoms with Crippen LogP contribution in [0.4, 0.5) is 0 Å². The second kappa shape index (κ2) is 6.01. The second-order valence-corrected chi connectivity index (χ2v) is 6.68. The molecule has 2 heterocycles. The third-order valence-electron chi connectivity index (χ3n) is 3.15. The summed E-state index contributed by atoms with van der Waals surface area (Å²) in [6.45, 7) is 2.08. The lowest BCUT2D eigenvalue weighted by Gasteiger charge is -2.02. The van der Waals surface area contributed by atoms with Crippen molar-refractivity contribution in [3.63, 3.8) is 0 Å². The SMILES string of the molecule is Cc1ccccc1SCc1noc(C2CSCC2=O)n1. The Labute approximate surface area is 125 Å². The molecule has 1 aliphatic rings. The number of Topliss-reactive ketones (excluding diaryl/α,β-unsaturated/α-hetero) is 1. The maximum atomic E-state index is 11.7. The summed E-state index contributed by atoms with van der Waals surface area (Å²) in [7, 11) is 0. The van der Waals surface area contributed by atoms with Crippen molar-refractivity contribution in [2.24, 2.45) is 0 Å². The average Bonchev–Trinajstić information content (AvgIpc) is 3.06. The zero-order valence-corrected chi connectivity index (χ0v) is 12.7. The molecule has 20 heavy (non-hydrogen) atoms. The number of nitrogens with zero attached hydrogens (tertiary/aromatic N) is 2. The molecular formula is C14H14N2O2S2. The van der Waals surface area contributed by atoms with Crippen LogP contribution in [0, 0.1) is 6.92 Å². The number of benzene rings is 1. The quantitative estimate of drug-likeness (QED) is 0.809. The molecule has 1 unspecified atom stereocenters. The minimum atomic E-state index is -0.204. The molecule has 4 nitrogen and oxygen atoms in total. The van der Waals surface area contributed by atoms with Crippen molar-refractivity contribution in [1.82, 2.24) is 10.1 Å². The van der Waals surface area contributed by atoms with E-state index in [1.165, 1.54) is 10.5 Å². The fraction of sp³-hybridized carbons (Fsp3) is 0.357. The van der Waals surface area contributed by atoms with Gasteiger partial charge in [-0.3, -0.25) is 4.79 Å². The fourth-order valence-corrected chi connectivity index (χ4v) is 3.96. The predicted molar refractivity (Wildman–Crippen MR) is 80.1 cm³/mol. The molecule has 6 heteroatoms. The van der Waals surface area contributed by atoms with E-state index in [9.17, 15) is 4.79 Å². The van der Waals surface area contributed by atoms with Gasteiger partial charge in [0.15, 0.2) is 11.6 Å². The summed E-state index contributed by atoms with van der Waals surface area (Å²) in [5.74, 6) is 3.08. The Morgan fingerprint density at radius 2 is 2.30 bits per heavy atom. The van der Waals surface area contributed by atoms with Crippen LogP contribution in [0.3, 0.4) is 0 Å². The number of aryl methyl sites for hydroxylation is 1. The summed E-state index contributed by atoms with van der Waals surface area (Å²) in [6.07, 6.45) is 0. The highest BCUT2D eigenvalue weighted by atomic mass is 32.2. The third kappa shape index (κ3) is 2.91. The standard InChI is InChI=1S/C14H14N2O2S2/c1-9-4-2-3-5-12(9)20-8-13-15-14(18-16-13)10-6-19-7-11(10)17/h2-5,10H,6-8H2,1H3. The minimum Gasteiger partial charge on any atom is -0.338 e. The first-order chi connectivity index (χ1) is 9.74. The number of aromatic nitrogens is 2. The molecule has 0 amide bonds. The molecule has 0 radical (unpaired) electrons. The first-order valence-corrected chi connectivity index (χ1v) is 8.49. The first-order valence-electron chi connectivity index (χ1n) is 6.35. The van der Waals surface area contributed by atoms with Gasteiger partial charge < -0.3 is 4.52 Å². The summed E-state index contributed by atoms with van der Waals surface area (Å²) in [6, 6.07) is 8.21. The van der Waals surface area contributed by atoms with Crippen molar-refractivity contribution in [2.75, 3.05) is 11.5 Å². The van der Waals surface area contributed by atoms with Crippen molar-refractivity contribution in [3.05, 3.63) is 41.5 Å². The third-order valence-corrected chi connectivity index (χ3v) is 5.38. The van der Waals surface area contributed by atoms with Crippen LogP contribution in [0.2, 0.25) is 0 Å². The molecule has 0 spiro atoms. The van der Waals surface area contributed by atoms with Crippen molar-refractivity contribution in [3.8, 4) is 0 Å². The van der Waals surface area contributed by atoms with Crippen LogP contribution in [0.15, 0.2) is 33.7 Å². The van der Waals surface area contributed by atoms with E-state index in [0.717, 1.165) is 5.75 Å². The molecule has 1 aromatic carbocycles. The Bertz CT molecular complexity index is 627. The summed E-state index contributed by atoms with van der Waals surface area (Å²) in [5.41, 5.74) is 1.24. The Balaban J connectivity index is 1.66.